The maximum atomic E-state index is 12.5. The summed E-state index contributed by atoms with van der Waals surface area (Å²) in [6.07, 6.45) is 3.07. The topological polar surface area (TPSA) is 75.7 Å². The second-order valence-electron chi connectivity index (χ2n) is 8.33. The Morgan fingerprint density at radius 1 is 1.22 bits per heavy atom. The van der Waals surface area contributed by atoms with Gasteiger partial charge in [0.25, 0.3) is 5.91 Å². The van der Waals surface area contributed by atoms with E-state index in [1.807, 2.05) is 39.5 Å². The van der Waals surface area contributed by atoms with Crippen LogP contribution < -0.4 is 5.32 Å². The lowest BCUT2D eigenvalue weighted by molar-refractivity contribution is -0.140. The van der Waals surface area contributed by atoms with Crippen molar-refractivity contribution in [2.75, 3.05) is 11.9 Å². The van der Waals surface area contributed by atoms with Crippen LogP contribution in [0.15, 0.2) is 6.07 Å². The second-order valence-corrected chi connectivity index (χ2v) is 9.39. The molecule has 1 aliphatic rings. The van der Waals surface area contributed by atoms with Crippen LogP contribution in [0.1, 0.15) is 69.1 Å². The van der Waals surface area contributed by atoms with E-state index in [1.165, 1.54) is 11.3 Å². The molecule has 0 saturated carbocycles. The third-order valence-electron chi connectivity index (χ3n) is 4.83. The molecule has 1 N–H and O–H groups in total. The highest BCUT2D eigenvalue weighted by molar-refractivity contribution is 7.18. The third kappa shape index (κ3) is 5.31. The largest absolute Gasteiger partial charge is 0.451 e. The summed E-state index contributed by atoms with van der Waals surface area (Å²) in [7, 11) is 0. The highest BCUT2D eigenvalue weighted by atomic mass is 32.1. The second kappa shape index (κ2) is 8.42. The predicted octanol–water partition coefficient (Wildman–Crippen LogP) is 3.99. The standard InChI is InChI=1S/C20H30N2O4S/c1-12-10-15(21-19(25)20(4,5)6)27-17(12)18(24)26-11-16(23)22-13(2)8-7-9-14(22)3/h10,13-14H,7-9,11H2,1-6H3,(H,21,25). The molecule has 1 saturated heterocycles. The van der Waals surface area contributed by atoms with Gasteiger partial charge in [0.15, 0.2) is 6.61 Å². The Morgan fingerprint density at radius 3 is 2.37 bits per heavy atom. The molecule has 1 aromatic heterocycles. The molecule has 2 unspecified atom stereocenters. The number of hydrogen-bond acceptors (Lipinski definition) is 5. The number of ether oxygens (including phenoxy) is 1. The normalized spacial score (nSPS) is 20.3. The van der Waals surface area contributed by atoms with Crippen molar-refractivity contribution in [3.8, 4) is 0 Å². The molecule has 2 atom stereocenters. The van der Waals surface area contributed by atoms with Gasteiger partial charge in [-0.25, -0.2) is 4.79 Å². The summed E-state index contributed by atoms with van der Waals surface area (Å²) in [4.78, 5) is 39.3. The van der Waals surface area contributed by atoms with Crippen molar-refractivity contribution in [2.24, 2.45) is 5.41 Å². The summed E-state index contributed by atoms with van der Waals surface area (Å²) < 4.78 is 5.27. The third-order valence-corrected chi connectivity index (χ3v) is 5.96. The van der Waals surface area contributed by atoms with Crippen LogP contribution in [0.5, 0.6) is 0 Å². The van der Waals surface area contributed by atoms with Crippen LogP contribution in [-0.2, 0) is 14.3 Å². The minimum Gasteiger partial charge on any atom is -0.451 e. The van der Waals surface area contributed by atoms with Crippen molar-refractivity contribution in [1.82, 2.24) is 4.90 Å². The quantitative estimate of drug-likeness (QED) is 0.784. The fraction of sp³-hybridized carbons (Fsp3) is 0.650. The van der Waals surface area contributed by atoms with E-state index in [0.717, 1.165) is 24.8 Å². The molecule has 0 aromatic carbocycles. The molecule has 150 valence electrons. The molecule has 7 heteroatoms. The van der Waals surface area contributed by atoms with Gasteiger partial charge in [-0.1, -0.05) is 20.8 Å². The number of carbonyl (C=O) groups excluding carboxylic acids is 3. The number of anilines is 1. The fourth-order valence-corrected chi connectivity index (χ4v) is 4.19. The maximum absolute atomic E-state index is 12.5. The lowest BCUT2D eigenvalue weighted by Gasteiger charge is -2.38. The molecule has 1 fully saturated rings. The summed E-state index contributed by atoms with van der Waals surface area (Å²) in [5.74, 6) is -0.801. The van der Waals surface area contributed by atoms with E-state index < -0.39 is 11.4 Å². The Balaban J connectivity index is 1.98. The van der Waals surface area contributed by atoms with E-state index in [4.69, 9.17) is 4.74 Å². The van der Waals surface area contributed by atoms with E-state index in [1.54, 1.807) is 13.0 Å². The Bertz CT molecular complexity index is 710. The number of likely N-dealkylation sites (tertiary alicyclic amines) is 1. The van der Waals surface area contributed by atoms with Crippen LogP contribution in [0.4, 0.5) is 5.00 Å². The summed E-state index contributed by atoms with van der Waals surface area (Å²) in [5.41, 5.74) is 0.202. The number of esters is 1. The minimum absolute atomic E-state index is 0.119. The van der Waals surface area contributed by atoms with Gasteiger partial charge in [0.1, 0.15) is 4.88 Å². The molecular weight excluding hydrogens is 364 g/mol. The van der Waals surface area contributed by atoms with Crippen LogP contribution in [0.25, 0.3) is 0 Å². The molecule has 1 aromatic rings. The Morgan fingerprint density at radius 2 is 1.81 bits per heavy atom. The molecule has 1 aliphatic heterocycles. The zero-order valence-corrected chi connectivity index (χ0v) is 17.9. The SMILES string of the molecule is Cc1cc(NC(=O)C(C)(C)C)sc1C(=O)OCC(=O)N1C(C)CCCC1C. The molecule has 0 aliphatic carbocycles. The van der Waals surface area contributed by atoms with E-state index >= 15 is 0 Å². The zero-order valence-electron chi connectivity index (χ0n) is 17.0. The first kappa shape index (κ1) is 21.4. The number of nitrogens with one attached hydrogen (secondary N) is 1. The molecular formula is C20H30N2O4S. The van der Waals surface area contributed by atoms with Crippen LogP contribution >= 0.6 is 11.3 Å². The summed E-state index contributed by atoms with van der Waals surface area (Å²) in [5, 5.41) is 3.42. The smallest absolute Gasteiger partial charge is 0.349 e. The monoisotopic (exact) mass is 394 g/mol. The first-order chi connectivity index (χ1) is 12.5. The van der Waals surface area contributed by atoms with Gasteiger partial charge in [-0.2, -0.15) is 0 Å². The van der Waals surface area contributed by atoms with E-state index in [-0.39, 0.29) is 30.5 Å². The molecule has 27 heavy (non-hydrogen) atoms. The Labute approximate surface area is 165 Å². The van der Waals surface area contributed by atoms with Gasteiger partial charge in [0, 0.05) is 17.5 Å². The van der Waals surface area contributed by atoms with Crippen molar-refractivity contribution in [3.05, 3.63) is 16.5 Å². The first-order valence-electron chi connectivity index (χ1n) is 9.41. The van der Waals surface area contributed by atoms with Gasteiger partial charge >= 0.3 is 5.97 Å². The highest BCUT2D eigenvalue weighted by Gasteiger charge is 2.30. The minimum atomic E-state index is -0.528. The van der Waals surface area contributed by atoms with Crippen molar-refractivity contribution >= 4 is 34.1 Å². The van der Waals surface area contributed by atoms with Gasteiger partial charge in [0.2, 0.25) is 5.91 Å². The van der Waals surface area contributed by atoms with Crippen molar-refractivity contribution in [1.29, 1.82) is 0 Å². The number of thiophene rings is 1. The van der Waals surface area contributed by atoms with Gasteiger partial charge in [-0.15, -0.1) is 11.3 Å². The number of piperidine rings is 1. The number of nitrogens with zero attached hydrogens (tertiary/aromatic N) is 1. The van der Waals surface area contributed by atoms with Crippen LogP contribution in [-0.4, -0.2) is 41.4 Å². The molecule has 6 nitrogen and oxygen atoms in total. The van der Waals surface area contributed by atoms with E-state index in [2.05, 4.69) is 5.32 Å². The lowest BCUT2D eigenvalue weighted by Crippen LogP contribution is -2.49. The highest BCUT2D eigenvalue weighted by Crippen LogP contribution is 2.29. The van der Waals surface area contributed by atoms with Crippen molar-refractivity contribution < 1.29 is 19.1 Å². The van der Waals surface area contributed by atoms with Crippen LogP contribution in [0.3, 0.4) is 0 Å². The van der Waals surface area contributed by atoms with Crippen LogP contribution in [0.2, 0.25) is 0 Å². The van der Waals surface area contributed by atoms with E-state index in [9.17, 15) is 14.4 Å². The number of rotatable bonds is 4. The predicted molar refractivity (Wildman–Crippen MR) is 107 cm³/mol. The van der Waals surface area contributed by atoms with Crippen molar-refractivity contribution in [2.45, 2.75) is 72.9 Å². The molecule has 0 radical (unpaired) electrons. The summed E-state index contributed by atoms with van der Waals surface area (Å²) in [6, 6.07) is 2.09. The van der Waals surface area contributed by atoms with Gasteiger partial charge in [-0.3, -0.25) is 9.59 Å². The molecule has 0 spiro atoms. The van der Waals surface area contributed by atoms with Crippen molar-refractivity contribution in [3.63, 3.8) is 0 Å². The first-order valence-corrected chi connectivity index (χ1v) is 10.2. The summed E-state index contributed by atoms with van der Waals surface area (Å²) in [6.45, 7) is 11.1. The average molecular weight is 395 g/mol. The number of carbonyl (C=O) groups is 3. The van der Waals surface area contributed by atoms with Crippen LogP contribution in [0, 0.1) is 12.3 Å². The fourth-order valence-electron chi connectivity index (χ4n) is 3.23. The molecule has 2 heterocycles. The van der Waals surface area contributed by atoms with E-state index in [0.29, 0.717) is 9.88 Å². The number of amides is 2. The maximum Gasteiger partial charge on any atom is 0.349 e. The lowest BCUT2D eigenvalue weighted by atomic mass is 9.96. The zero-order chi connectivity index (χ0) is 20.4. The number of aryl methyl sites for hydroxylation is 1. The van der Waals surface area contributed by atoms with Gasteiger partial charge in [0.05, 0.1) is 5.00 Å². The average Bonchev–Trinajstić information content (AvgIpc) is 2.92. The number of hydrogen-bond donors (Lipinski definition) is 1. The Hall–Kier alpha value is -1.89. The molecule has 0 bridgehead atoms. The molecule has 2 rings (SSSR count). The Kier molecular flexibility index (Phi) is 6.68. The van der Waals surface area contributed by atoms with Gasteiger partial charge in [-0.05, 0) is 51.7 Å². The molecule has 2 amide bonds. The van der Waals surface area contributed by atoms with Gasteiger partial charge < -0.3 is 15.0 Å². The summed E-state index contributed by atoms with van der Waals surface area (Å²) >= 11 is 1.17.